The Hall–Kier alpha value is -1.95. The van der Waals surface area contributed by atoms with Crippen LogP contribution in [0, 0.1) is 5.92 Å². The first-order valence-corrected chi connectivity index (χ1v) is 8.98. The number of carbonyl (C=O) groups excluding carboxylic acids is 1. The van der Waals surface area contributed by atoms with E-state index in [1.54, 1.807) is 14.2 Å². The highest BCUT2D eigenvalue weighted by Gasteiger charge is 2.34. The van der Waals surface area contributed by atoms with Crippen molar-refractivity contribution in [2.45, 2.75) is 38.6 Å². The van der Waals surface area contributed by atoms with Crippen LogP contribution in [0.4, 0.5) is 4.79 Å². The molecule has 0 heterocycles. The number of amides is 1. The van der Waals surface area contributed by atoms with Gasteiger partial charge in [0.05, 0.1) is 20.8 Å². The molecule has 2 rings (SSSR count). The van der Waals surface area contributed by atoms with Crippen LogP contribution >= 0.6 is 0 Å². The summed E-state index contributed by atoms with van der Waals surface area (Å²) < 4.78 is 15.9. The topological polar surface area (TPSA) is 74.0 Å². The second kappa shape index (κ2) is 9.51. The van der Waals surface area contributed by atoms with Gasteiger partial charge in [-0.05, 0) is 56.3 Å². The zero-order valence-electron chi connectivity index (χ0n) is 15.5. The fourth-order valence-electron chi connectivity index (χ4n) is 3.59. The maximum atomic E-state index is 12.5. The number of ether oxygens (including phenoxy) is 3. The van der Waals surface area contributed by atoms with Gasteiger partial charge in [0.2, 0.25) is 0 Å². The molecular formula is C19H30N2O4. The van der Waals surface area contributed by atoms with Gasteiger partial charge in [0, 0.05) is 12.6 Å². The molecule has 1 unspecified atom stereocenters. The molecule has 1 amide bonds. The molecule has 2 atom stereocenters. The number of methoxy groups -OCH3 is 2. The van der Waals surface area contributed by atoms with E-state index in [0.29, 0.717) is 37.1 Å². The van der Waals surface area contributed by atoms with Gasteiger partial charge in [-0.2, -0.15) is 0 Å². The molecule has 25 heavy (non-hydrogen) atoms. The van der Waals surface area contributed by atoms with Gasteiger partial charge in [0.25, 0.3) is 0 Å². The van der Waals surface area contributed by atoms with Gasteiger partial charge in [0.1, 0.15) is 0 Å². The van der Waals surface area contributed by atoms with E-state index < -0.39 is 0 Å². The third-order valence-electron chi connectivity index (χ3n) is 4.91. The van der Waals surface area contributed by atoms with E-state index in [1.165, 1.54) is 0 Å². The average molecular weight is 350 g/mol. The number of benzene rings is 1. The van der Waals surface area contributed by atoms with E-state index >= 15 is 0 Å². The summed E-state index contributed by atoms with van der Waals surface area (Å²) in [6.07, 6.45) is 3.67. The maximum absolute atomic E-state index is 12.5. The molecule has 1 fully saturated rings. The fourth-order valence-corrected chi connectivity index (χ4v) is 3.59. The number of nitrogens with zero attached hydrogens (tertiary/aromatic N) is 1. The molecule has 0 radical (unpaired) electrons. The van der Waals surface area contributed by atoms with Crippen molar-refractivity contribution < 1.29 is 19.0 Å². The molecule has 1 aromatic carbocycles. The summed E-state index contributed by atoms with van der Waals surface area (Å²) in [4.78, 5) is 14.3. The molecule has 6 nitrogen and oxygen atoms in total. The Balaban J connectivity index is 2.10. The lowest BCUT2D eigenvalue weighted by Gasteiger charge is -2.32. The minimum Gasteiger partial charge on any atom is -0.493 e. The van der Waals surface area contributed by atoms with Gasteiger partial charge in [-0.15, -0.1) is 0 Å². The highest BCUT2D eigenvalue weighted by atomic mass is 16.6. The van der Waals surface area contributed by atoms with Crippen LogP contribution in [-0.2, 0) is 11.2 Å². The predicted molar refractivity (Wildman–Crippen MR) is 97.2 cm³/mol. The molecule has 1 aliphatic carbocycles. The van der Waals surface area contributed by atoms with Crippen LogP contribution in [0.3, 0.4) is 0 Å². The highest BCUT2D eigenvalue weighted by Crippen LogP contribution is 2.31. The molecule has 0 spiro atoms. The highest BCUT2D eigenvalue weighted by molar-refractivity contribution is 5.68. The third kappa shape index (κ3) is 4.78. The molecule has 0 saturated heterocycles. The lowest BCUT2D eigenvalue weighted by atomic mass is 10.0. The quantitative estimate of drug-likeness (QED) is 0.780. The van der Waals surface area contributed by atoms with Crippen molar-refractivity contribution in [3.05, 3.63) is 23.8 Å². The molecule has 6 heteroatoms. The maximum Gasteiger partial charge on any atom is 0.410 e. The van der Waals surface area contributed by atoms with Gasteiger partial charge in [0.15, 0.2) is 11.5 Å². The van der Waals surface area contributed by atoms with Gasteiger partial charge in [-0.3, -0.25) is 0 Å². The lowest BCUT2D eigenvalue weighted by molar-refractivity contribution is 0.0823. The van der Waals surface area contributed by atoms with E-state index in [-0.39, 0.29) is 12.1 Å². The van der Waals surface area contributed by atoms with Gasteiger partial charge in [-0.25, -0.2) is 4.79 Å². The largest absolute Gasteiger partial charge is 0.493 e. The van der Waals surface area contributed by atoms with Crippen molar-refractivity contribution in [3.8, 4) is 11.5 Å². The van der Waals surface area contributed by atoms with Crippen molar-refractivity contribution in [1.29, 1.82) is 0 Å². The Morgan fingerprint density at radius 1 is 1.24 bits per heavy atom. The van der Waals surface area contributed by atoms with Crippen LogP contribution in [0.2, 0.25) is 0 Å². The molecule has 1 aromatic rings. The summed E-state index contributed by atoms with van der Waals surface area (Å²) in [5.41, 5.74) is 7.00. The monoisotopic (exact) mass is 350 g/mol. The van der Waals surface area contributed by atoms with Gasteiger partial charge < -0.3 is 24.8 Å². The normalized spacial score (nSPS) is 19.5. The third-order valence-corrected chi connectivity index (χ3v) is 4.91. The molecule has 2 N–H and O–H groups in total. The summed E-state index contributed by atoms with van der Waals surface area (Å²) in [6, 6.07) is 6.02. The molecule has 140 valence electrons. The average Bonchev–Trinajstić information content (AvgIpc) is 3.10. The predicted octanol–water partition coefficient (Wildman–Crippen LogP) is 2.83. The van der Waals surface area contributed by atoms with Gasteiger partial charge in [-0.1, -0.05) is 12.5 Å². The molecule has 0 aliphatic heterocycles. The van der Waals surface area contributed by atoms with Gasteiger partial charge >= 0.3 is 6.09 Å². The molecule has 1 saturated carbocycles. The number of rotatable bonds is 8. The number of carbonyl (C=O) groups is 1. The van der Waals surface area contributed by atoms with Crippen molar-refractivity contribution >= 4 is 6.09 Å². The first kappa shape index (κ1) is 19.4. The summed E-state index contributed by atoms with van der Waals surface area (Å²) in [7, 11) is 3.24. The van der Waals surface area contributed by atoms with Crippen LogP contribution < -0.4 is 15.2 Å². The van der Waals surface area contributed by atoms with E-state index in [4.69, 9.17) is 19.9 Å². The van der Waals surface area contributed by atoms with Crippen LogP contribution in [-0.4, -0.2) is 51.0 Å². The summed E-state index contributed by atoms with van der Waals surface area (Å²) in [5, 5.41) is 0. The van der Waals surface area contributed by atoms with Crippen molar-refractivity contribution in [2.24, 2.45) is 11.7 Å². The van der Waals surface area contributed by atoms with E-state index in [9.17, 15) is 4.79 Å². The molecule has 1 aliphatic rings. The zero-order chi connectivity index (χ0) is 18.2. The smallest absolute Gasteiger partial charge is 0.410 e. The second-order valence-corrected chi connectivity index (χ2v) is 6.33. The van der Waals surface area contributed by atoms with E-state index in [0.717, 1.165) is 31.2 Å². The SMILES string of the molecule is CCOC(=O)N(CCc1ccc(OC)c(OC)c1)C1CCC[C@H]1CN. The van der Waals surface area contributed by atoms with Crippen molar-refractivity contribution in [1.82, 2.24) is 4.90 Å². The Morgan fingerprint density at radius 3 is 2.64 bits per heavy atom. The minimum atomic E-state index is -0.242. The standard InChI is InChI=1S/C19H30N2O4/c1-4-25-19(22)21(16-7-5-6-15(16)13-20)11-10-14-8-9-17(23-2)18(12-14)24-3/h8-9,12,15-16H,4-7,10-11,13,20H2,1-3H3/t15-,16?/m0/s1. The Labute approximate surface area is 150 Å². The zero-order valence-corrected chi connectivity index (χ0v) is 15.5. The van der Waals surface area contributed by atoms with Crippen molar-refractivity contribution in [3.63, 3.8) is 0 Å². The number of nitrogens with two attached hydrogens (primary N) is 1. The summed E-state index contributed by atoms with van der Waals surface area (Å²) in [6.45, 7) is 3.43. The van der Waals surface area contributed by atoms with Crippen LogP contribution in [0.5, 0.6) is 11.5 Å². The second-order valence-electron chi connectivity index (χ2n) is 6.33. The Morgan fingerprint density at radius 2 is 2.00 bits per heavy atom. The van der Waals surface area contributed by atoms with Crippen LogP contribution in [0.25, 0.3) is 0 Å². The Bertz CT molecular complexity index is 564. The fraction of sp³-hybridized carbons (Fsp3) is 0.632. The Kier molecular flexibility index (Phi) is 7.37. The van der Waals surface area contributed by atoms with E-state index in [1.807, 2.05) is 30.0 Å². The van der Waals surface area contributed by atoms with E-state index in [2.05, 4.69) is 0 Å². The van der Waals surface area contributed by atoms with Crippen molar-refractivity contribution in [2.75, 3.05) is 33.9 Å². The number of hydrogen-bond donors (Lipinski definition) is 1. The minimum absolute atomic E-state index is 0.171. The van der Waals surface area contributed by atoms with Crippen LogP contribution in [0.15, 0.2) is 18.2 Å². The van der Waals surface area contributed by atoms with Crippen LogP contribution in [0.1, 0.15) is 31.7 Å². The first-order chi connectivity index (χ1) is 12.1. The molecule has 0 bridgehead atoms. The summed E-state index contributed by atoms with van der Waals surface area (Å²) in [5.74, 6) is 1.76. The summed E-state index contributed by atoms with van der Waals surface area (Å²) >= 11 is 0. The molecule has 0 aromatic heterocycles. The first-order valence-electron chi connectivity index (χ1n) is 8.98. The number of hydrogen-bond acceptors (Lipinski definition) is 5. The lowest BCUT2D eigenvalue weighted by Crippen LogP contribution is -2.45. The molecular weight excluding hydrogens is 320 g/mol.